The predicted molar refractivity (Wildman–Crippen MR) is 125 cm³/mol. The van der Waals surface area contributed by atoms with E-state index in [1.165, 1.54) is 22.3 Å². The normalized spacial score (nSPS) is 11.4. The van der Waals surface area contributed by atoms with Crippen molar-refractivity contribution < 1.29 is 14.4 Å². The minimum Gasteiger partial charge on any atom is -0.351 e. The molecular weight excluding hydrogens is 459 g/mol. The van der Waals surface area contributed by atoms with Crippen molar-refractivity contribution >= 4 is 57.4 Å². The minimum atomic E-state index is -0.387. The Morgan fingerprint density at radius 3 is 2.39 bits per heavy atom. The van der Waals surface area contributed by atoms with E-state index in [0.29, 0.717) is 21.4 Å². The zero-order chi connectivity index (χ0) is 23.3. The number of rotatable bonds is 7. The van der Waals surface area contributed by atoms with Crippen molar-refractivity contribution in [3.63, 3.8) is 0 Å². The van der Waals surface area contributed by atoms with Gasteiger partial charge in [-0.3, -0.25) is 14.4 Å². The summed E-state index contributed by atoms with van der Waals surface area (Å²) in [4.78, 5) is 43.2. The van der Waals surface area contributed by atoms with Gasteiger partial charge in [-0.2, -0.15) is 0 Å². The summed E-state index contributed by atoms with van der Waals surface area (Å²) in [6.07, 6.45) is 0.123. The van der Waals surface area contributed by atoms with Crippen LogP contribution in [0.4, 0.5) is 5.13 Å². The molecule has 7 nitrogen and oxygen atoms in total. The van der Waals surface area contributed by atoms with Crippen LogP contribution in [-0.4, -0.2) is 45.7 Å². The summed E-state index contributed by atoms with van der Waals surface area (Å²) >= 11 is 13.1. The van der Waals surface area contributed by atoms with Crippen LogP contribution >= 0.6 is 34.5 Å². The lowest BCUT2D eigenvalue weighted by Gasteiger charge is -2.26. The highest BCUT2D eigenvalue weighted by molar-refractivity contribution is 7.13. The zero-order valence-electron chi connectivity index (χ0n) is 18.1. The SMILES string of the molecule is CC(C)N(CC(=O)Nc1nc(CC(=O)NC(C)(C)C)cs1)C(=O)c1ccc(Cl)c(Cl)c1. The molecule has 2 N–H and O–H groups in total. The molecule has 0 saturated heterocycles. The summed E-state index contributed by atoms with van der Waals surface area (Å²) < 4.78 is 0. The molecule has 0 radical (unpaired) electrons. The Morgan fingerprint density at radius 1 is 1.13 bits per heavy atom. The Kier molecular flexibility index (Phi) is 8.45. The van der Waals surface area contributed by atoms with Crippen molar-refractivity contribution in [2.75, 3.05) is 11.9 Å². The van der Waals surface area contributed by atoms with Gasteiger partial charge in [0.05, 0.1) is 22.2 Å². The van der Waals surface area contributed by atoms with E-state index in [2.05, 4.69) is 15.6 Å². The molecule has 1 aromatic carbocycles. The second-order valence-electron chi connectivity index (χ2n) is 8.32. The fourth-order valence-corrected chi connectivity index (χ4v) is 3.69. The van der Waals surface area contributed by atoms with Crippen molar-refractivity contribution in [3.05, 3.63) is 44.9 Å². The summed E-state index contributed by atoms with van der Waals surface area (Å²) in [6.45, 7) is 9.18. The molecule has 0 bridgehead atoms. The van der Waals surface area contributed by atoms with Gasteiger partial charge < -0.3 is 15.5 Å². The molecule has 1 aromatic heterocycles. The first-order chi connectivity index (χ1) is 14.4. The first kappa shape index (κ1) is 25.1. The number of hydrogen-bond donors (Lipinski definition) is 2. The lowest BCUT2D eigenvalue weighted by atomic mass is 10.1. The number of thiazole rings is 1. The molecule has 31 heavy (non-hydrogen) atoms. The van der Waals surface area contributed by atoms with Crippen LogP contribution < -0.4 is 10.6 Å². The molecule has 0 aliphatic carbocycles. The molecule has 10 heteroatoms. The first-order valence-electron chi connectivity index (χ1n) is 9.67. The number of aromatic nitrogens is 1. The second kappa shape index (κ2) is 10.4. The number of nitrogens with zero attached hydrogens (tertiary/aromatic N) is 2. The Morgan fingerprint density at radius 2 is 1.81 bits per heavy atom. The minimum absolute atomic E-state index is 0.123. The van der Waals surface area contributed by atoms with Crippen LogP contribution in [0.1, 0.15) is 50.7 Å². The highest BCUT2D eigenvalue weighted by atomic mass is 35.5. The predicted octanol–water partition coefficient (Wildman–Crippen LogP) is 4.40. The lowest BCUT2D eigenvalue weighted by molar-refractivity contribution is -0.122. The van der Waals surface area contributed by atoms with E-state index in [4.69, 9.17) is 23.2 Å². The van der Waals surface area contributed by atoms with Crippen LogP contribution in [0.25, 0.3) is 0 Å². The maximum absolute atomic E-state index is 12.9. The monoisotopic (exact) mass is 484 g/mol. The molecule has 0 unspecified atom stereocenters. The van der Waals surface area contributed by atoms with Crippen LogP contribution in [0.3, 0.4) is 0 Å². The molecule has 2 rings (SSSR count). The fraction of sp³-hybridized carbons (Fsp3) is 0.429. The molecule has 168 valence electrons. The van der Waals surface area contributed by atoms with E-state index in [9.17, 15) is 14.4 Å². The number of carbonyl (C=O) groups is 3. The van der Waals surface area contributed by atoms with Gasteiger partial charge >= 0.3 is 0 Å². The van der Waals surface area contributed by atoms with Crippen LogP contribution in [0.15, 0.2) is 23.6 Å². The maximum Gasteiger partial charge on any atom is 0.254 e. The second-order valence-corrected chi connectivity index (χ2v) is 10.00. The van der Waals surface area contributed by atoms with Crippen LogP contribution in [0.5, 0.6) is 0 Å². The third-order valence-electron chi connectivity index (χ3n) is 4.02. The number of amides is 3. The molecule has 0 fully saturated rings. The molecule has 0 aliphatic heterocycles. The van der Waals surface area contributed by atoms with Gasteiger partial charge in [0.2, 0.25) is 11.8 Å². The summed E-state index contributed by atoms with van der Waals surface area (Å²) in [5.74, 6) is -0.863. The van der Waals surface area contributed by atoms with E-state index < -0.39 is 0 Å². The van der Waals surface area contributed by atoms with Crippen LogP contribution in [0, 0.1) is 0 Å². The number of nitrogens with one attached hydrogen (secondary N) is 2. The number of anilines is 1. The molecule has 0 saturated carbocycles. The molecule has 0 atom stereocenters. The van der Waals surface area contributed by atoms with Gasteiger partial charge in [-0.25, -0.2) is 4.98 Å². The Hall–Kier alpha value is -2.16. The van der Waals surface area contributed by atoms with E-state index in [0.717, 1.165) is 0 Å². The van der Waals surface area contributed by atoms with Crippen molar-refractivity contribution in [1.82, 2.24) is 15.2 Å². The lowest BCUT2D eigenvalue weighted by Crippen LogP contribution is -2.42. The van der Waals surface area contributed by atoms with Gasteiger partial charge in [-0.1, -0.05) is 23.2 Å². The van der Waals surface area contributed by atoms with E-state index in [1.807, 2.05) is 34.6 Å². The molecule has 0 spiro atoms. The average molecular weight is 485 g/mol. The van der Waals surface area contributed by atoms with Crippen LogP contribution in [0.2, 0.25) is 10.0 Å². The standard InChI is InChI=1S/C21H26Cl2N4O3S/c1-12(2)27(19(30)13-6-7-15(22)16(23)8-13)10-18(29)25-20-24-14(11-31-20)9-17(28)26-21(3,4)5/h6-8,11-12H,9-10H2,1-5H3,(H,26,28)(H,24,25,29). The molecular formula is C21H26Cl2N4O3S. The number of benzene rings is 1. The van der Waals surface area contributed by atoms with Gasteiger partial charge in [0.25, 0.3) is 5.91 Å². The van der Waals surface area contributed by atoms with Crippen molar-refractivity contribution in [2.45, 2.75) is 52.6 Å². The zero-order valence-corrected chi connectivity index (χ0v) is 20.4. The summed E-state index contributed by atoms with van der Waals surface area (Å²) in [7, 11) is 0. The smallest absolute Gasteiger partial charge is 0.254 e. The first-order valence-corrected chi connectivity index (χ1v) is 11.3. The van der Waals surface area contributed by atoms with Gasteiger partial charge in [-0.15, -0.1) is 11.3 Å². The van der Waals surface area contributed by atoms with Crippen LogP contribution in [-0.2, 0) is 16.0 Å². The average Bonchev–Trinajstić information content (AvgIpc) is 3.06. The van der Waals surface area contributed by atoms with Crippen molar-refractivity contribution in [2.24, 2.45) is 0 Å². The largest absolute Gasteiger partial charge is 0.351 e. The number of halogens is 2. The molecule has 3 amide bonds. The highest BCUT2D eigenvalue weighted by Crippen LogP contribution is 2.24. The third-order valence-corrected chi connectivity index (χ3v) is 5.56. The molecule has 0 aliphatic rings. The maximum atomic E-state index is 12.9. The Labute approximate surface area is 196 Å². The van der Waals surface area contributed by atoms with Crippen molar-refractivity contribution in [3.8, 4) is 0 Å². The number of hydrogen-bond acceptors (Lipinski definition) is 5. The molecule has 2 aromatic rings. The summed E-state index contributed by atoms with van der Waals surface area (Å²) in [6, 6.07) is 4.37. The molecule has 1 heterocycles. The fourth-order valence-electron chi connectivity index (χ4n) is 2.67. The van der Waals surface area contributed by atoms with Gasteiger partial charge in [0.1, 0.15) is 6.54 Å². The van der Waals surface area contributed by atoms with E-state index in [-0.39, 0.29) is 47.3 Å². The Balaban J connectivity index is 2.01. The third kappa shape index (κ3) is 7.79. The van der Waals surface area contributed by atoms with E-state index in [1.54, 1.807) is 17.5 Å². The topological polar surface area (TPSA) is 91.4 Å². The van der Waals surface area contributed by atoms with Gasteiger partial charge in [-0.05, 0) is 52.8 Å². The quantitative estimate of drug-likeness (QED) is 0.609. The van der Waals surface area contributed by atoms with Gasteiger partial charge in [0.15, 0.2) is 5.13 Å². The number of carbonyl (C=O) groups excluding carboxylic acids is 3. The van der Waals surface area contributed by atoms with Crippen molar-refractivity contribution in [1.29, 1.82) is 0 Å². The van der Waals surface area contributed by atoms with Gasteiger partial charge in [0, 0.05) is 22.5 Å². The summed E-state index contributed by atoms with van der Waals surface area (Å²) in [5, 5.41) is 8.27. The Bertz CT molecular complexity index is 970. The summed E-state index contributed by atoms with van der Waals surface area (Å²) in [5.41, 5.74) is 0.581. The van der Waals surface area contributed by atoms with E-state index >= 15 is 0 Å². The highest BCUT2D eigenvalue weighted by Gasteiger charge is 2.23.